The van der Waals surface area contributed by atoms with Gasteiger partial charge in [0.05, 0.1) is 6.20 Å². The summed E-state index contributed by atoms with van der Waals surface area (Å²) in [7, 11) is 0. The van der Waals surface area contributed by atoms with Crippen LogP contribution in [0.5, 0.6) is 0 Å². The molecule has 1 atom stereocenters. The molecule has 0 spiro atoms. The van der Waals surface area contributed by atoms with Crippen molar-refractivity contribution < 1.29 is 4.79 Å². The quantitative estimate of drug-likeness (QED) is 0.716. The van der Waals surface area contributed by atoms with Crippen LogP contribution in [0.2, 0.25) is 0 Å². The van der Waals surface area contributed by atoms with Crippen LogP contribution in [0, 0.1) is 5.92 Å². The highest BCUT2D eigenvalue weighted by molar-refractivity contribution is 5.96. The first kappa shape index (κ1) is 9.83. The fraction of sp³-hybridized carbons (Fsp3) is 0.364. The third-order valence-electron chi connectivity index (χ3n) is 2.58. The molecule has 0 amide bonds. The minimum absolute atomic E-state index is 0.0304. The molecule has 2 aromatic rings. The molecule has 0 saturated heterocycles. The van der Waals surface area contributed by atoms with Crippen molar-refractivity contribution in [3.8, 4) is 0 Å². The molecule has 0 radical (unpaired) electrons. The van der Waals surface area contributed by atoms with Crippen molar-refractivity contribution >= 4 is 11.4 Å². The standard InChI is InChI=1S/C11H13N3O/c1-3-8(2)11(15)9-7-14-5-4-12-6-10(14)13-9/h4-8H,3H2,1-2H3. The molecule has 0 fully saturated rings. The number of rotatable bonds is 3. The van der Waals surface area contributed by atoms with Gasteiger partial charge in [-0.05, 0) is 6.42 Å². The van der Waals surface area contributed by atoms with E-state index in [4.69, 9.17) is 0 Å². The van der Waals surface area contributed by atoms with Crippen molar-refractivity contribution in [3.63, 3.8) is 0 Å². The average Bonchev–Trinajstić information content (AvgIpc) is 2.70. The van der Waals surface area contributed by atoms with E-state index in [1.807, 2.05) is 18.2 Å². The lowest BCUT2D eigenvalue weighted by molar-refractivity contribution is 0.0923. The zero-order valence-corrected chi connectivity index (χ0v) is 8.84. The van der Waals surface area contributed by atoms with Gasteiger partial charge in [-0.1, -0.05) is 13.8 Å². The molecule has 0 N–H and O–H groups in total. The van der Waals surface area contributed by atoms with E-state index in [0.717, 1.165) is 6.42 Å². The Morgan fingerprint density at radius 3 is 3.07 bits per heavy atom. The Hall–Kier alpha value is -1.71. The lowest BCUT2D eigenvalue weighted by Crippen LogP contribution is -2.10. The number of fused-ring (bicyclic) bond motifs is 1. The summed E-state index contributed by atoms with van der Waals surface area (Å²) in [6, 6.07) is 0. The van der Waals surface area contributed by atoms with Crippen LogP contribution in [0.4, 0.5) is 0 Å². The Morgan fingerprint density at radius 2 is 2.40 bits per heavy atom. The molecule has 0 aromatic carbocycles. The molecule has 4 heteroatoms. The topological polar surface area (TPSA) is 47.3 Å². The van der Waals surface area contributed by atoms with E-state index in [9.17, 15) is 4.79 Å². The van der Waals surface area contributed by atoms with E-state index in [1.165, 1.54) is 0 Å². The molecule has 2 rings (SSSR count). The number of nitrogens with zero attached hydrogens (tertiary/aromatic N) is 3. The summed E-state index contributed by atoms with van der Waals surface area (Å²) in [5.41, 5.74) is 1.24. The van der Waals surface area contributed by atoms with Gasteiger partial charge in [0.25, 0.3) is 0 Å². The van der Waals surface area contributed by atoms with Crippen LogP contribution in [-0.4, -0.2) is 20.2 Å². The summed E-state index contributed by atoms with van der Waals surface area (Å²) in [4.78, 5) is 20.0. The Bertz CT molecular complexity index is 456. The van der Waals surface area contributed by atoms with Gasteiger partial charge in [0.15, 0.2) is 11.4 Å². The summed E-state index contributed by atoms with van der Waals surface area (Å²) in [6.07, 6.45) is 7.70. The minimum Gasteiger partial charge on any atom is -0.304 e. The molecule has 0 aliphatic heterocycles. The van der Waals surface area contributed by atoms with Crippen molar-refractivity contribution in [3.05, 3.63) is 30.5 Å². The molecular weight excluding hydrogens is 190 g/mol. The van der Waals surface area contributed by atoms with Crippen LogP contribution in [0.1, 0.15) is 30.8 Å². The minimum atomic E-state index is 0.0304. The number of hydrogen-bond donors (Lipinski definition) is 0. The number of Topliss-reactive ketones (excluding diaryl/α,β-unsaturated/α-hetero) is 1. The number of ketones is 1. The van der Waals surface area contributed by atoms with Gasteiger partial charge in [0, 0.05) is 24.5 Å². The van der Waals surface area contributed by atoms with Gasteiger partial charge in [-0.3, -0.25) is 9.78 Å². The van der Waals surface area contributed by atoms with Gasteiger partial charge in [-0.2, -0.15) is 0 Å². The number of imidazole rings is 1. The zero-order chi connectivity index (χ0) is 10.8. The Morgan fingerprint density at radius 1 is 1.60 bits per heavy atom. The molecule has 1 unspecified atom stereocenters. The van der Waals surface area contributed by atoms with E-state index < -0.39 is 0 Å². The normalized spacial score (nSPS) is 12.9. The van der Waals surface area contributed by atoms with Gasteiger partial charge in [0.2, 0.25) is 0 Å². The van der Waals surface area contributed by atoms with E-state index in [2.05, 4.69) is 9.97 Å². The second-order valence-electron chi connectivity index (χ2n) is 3.64. The maximum Gasteiger partial charge on any atom is 0.185 e. The monoisotopic (exact) mass is 203 g/mol. The molecule has 15 heavy (non-hydrogen) atoms. The van der Waals surface area contributed by atoms with Crippen LogP contribution in [0.25, 0.3) is 5.65 Å². The van der Waals surface area contributed by atoms with E-state index in [0.29, 0.717) is 11.3 Å². The SMILES string of the molecule is CCC(C)C(=O)c1cn2ccncc2n1. The van der Waals surface area contributed by atoms with Crippen LogP contribution < -0.4 is 0 Å². The molecule has 4 nitrogen and oxygen atoms in total. The van der Waals surface area contributed by atoms with Crippen molar-refractivity contribution in [1.82, 2.24) is 14.4 Å². The first-order valence-electron chi connectivity index (χ1n) is 5.05. The molecule has 78 valence electrons. The van der Waals surface area contributed by atoms with Gasteiger partial charge in [-0.15, -0.1) is 0 Å². The highest BCUT2D eigenvalue weighted by Gasteiger charge is 2.16. The molecule has 2 aromatic heterocycles. The number of carbonyl (C=O) groups is 1. The van der Waals surface area contributed by atoms with Crippen LogP contribution in [0.15, 0.2) is 24.8 Å². The fourth-order valence-electron chi connectivity index (χ4n) is 1.40. The van der Waals surface area contributed by atoms with E-state index >= 15 is 0 Å². The second kappa shape index (κ2) is 3.81. The van der Waals surface area contributed by atoms with Gasteiger partial charge in [0.1, 0.15) is 5.69 Å². The summed E-state index contributed by atoms with van der Waals surface area (Å²) < 4.78 is 1.81. The maximum absolute atomic E-state index is 11.8. The third-order valence-corrected chi connectivity index (χ3v) is 2.58. The van der Waals surface area contributed by atoms with Crippen molar-refractivity contribution in [1.29, 1.82) is 0 Å². The van der Waals surface area contributed by atoms with E-state index in [1.54, 1.807) is 24.8 Å². The zero-order valence-electron chi connectivity index (χ0n) is 8.84. The Labute approximate surface area is 88.0 Å². The largest absolute Gasteiger partial charge is 0.304 e. The highest BCUT2D eigenvalue weighted by atomic mass is 16.1. The predicted octanol–water partition coefficient (Wildman–Crippen LogP) is 1.96. The Kier molecular flexibility index (Phi) is 2.49. The summed E-state index contributed by atoms with van der Waals surface area (Å²) in [6.45, 7) is 3.92. The second-order valence-corrected chi connectivity index (χ2v) is 3.64. The van der Waals surface area contributed by atoms with Crippen LogP contribution in [-0.2, 0) is 0 Å². The number of hydrogen-bond acceptors (Lipinski definition) is 3. The molecule has 0 aliphatic rings. The Balaban J connectivity index is 2.41. The van der Waals surface area contributed by atoms with Crippen LogP contribution in [0.3, 0.4) is 0 Å². The van der Waals surface area contributed by atoms with Gasteiger partial charge >= 0.3 is 0 Å². The fourth-order valence-corrected chi connectivity index (χ4v) is 1.40. The number of carbonyl (C=O) groups excluding carboxylic acids is 1. The van der Waals surface area contributed by atoms with E-state index in [-0.39, 0.29) is 11.7 Å². The predicted molar refractivity (Wildman–Crippen MR) is 56.8 cm³/mol. The summed E-state index contributed by atoms with van der Waals surface area (Å²) in [5, 5.41) is 0. The first-order chi connectivity index (χ1) is 7.22. The van der Waals surface area contributed by atoms with Gasteiger partial charge in [-0.25, -0.2) is 4.98 Å². The molecule has 0 aliphatic carbocycles. The van der Waals surface area contributed by atoms with Crippen molar-refractivity contribution in [2.24, 2.45) is 5.92 Å². The van der Waals surface area contributed by atoms with Crippen LogP contribution >= 0.6 is 0 Å². The highest BCUT2D eigenvalue weighted by Crippen LogP contribution is 2.11. The van der Waals surface area contributed by atoms with Crippen molar-refractivity contribution in [2.45, 2.75) is 20.3 Å². The lowest BCUT2D eigenvalue weighted by Gasteiger charge is -2.02. The van der Waals surface area contributed by atoms with Gasteiger partial charge < -0.3 is 4.40 Å². The maximum atomic E-state index is 11.8. The number of aromatic nitrogens is 3. The average molecular weight is 203 g/mol. The lowest BCUT2D eigenvalue weighted by atomic mass is 10.0. The molecule has 0 saturated carbocycles. The van der Waals surface area contributed by atoms with Crippen molar-refractivity contribution in [2.75, 3.05) is 0 Å². The smallest absolute Gasteiger partial charge is 0.185 e. The molecular formula is C11H13N3O. The molecule has 2 heterocycles. The summed E-state index contributed by atoms with van der Waals surface area (Å²) in [5.74, 6) is 0.129. The summed E-state index contributed by atoms with van der Waals surface area (Å²) >= 11 is 0. The first-order valence-corrected chi connectivity index (χ1v) is 5.05. The molecule has 0 bridgehead atoms. The third kappa shape index (κ3) is 1.75.